The molecule has 3 fully saturated rings. The quantitative estimate of drug-likeness (QED) is 0.664. The van der Waals surface area contributed by atoms with Crippen LogP contribution in [0.2, 0.25) is 0 Å². The van der Waals surface area contributed by atoms with E-state index >= 15 is 0 Å². The van der Waals surface area contributed by atoms with Gasteiger partial charge in [0.2, 0.25) is 0 Å². The molecule has 1 saturated carbocycles. The van der Waals surface area contributed by atoms with Crippen LogP contribution in [-0.4, -0.2) is 31.2 Å². The molecule has 0 aromatic rings. The van der Waals surface area contributed by atoms with Crippen molar-refractivity contribution in [1.29, 1.82) is 0 Å². The third-order valence-corrected chi connectivity index (χ3v) is 5.54. The normalized spacial score (nSPS) is 46.0. The molecule has 0 bridgehead atoms. The fourth-order valence-electron chi connectivity index (χ4n) is 4.37. The van der Waals surface area contributed by atoms with E-state index in [4.69, 9.17) is 14.2 Å². The smallest absolute Gasteiger partial charge is 0.176 e. The highest BCUT2D eigenvalue weighted by Crippen LogP contribution is 2.59. The van der Waals surface area contributed by atoms with Crippen molar-refractivity contribution in [3.05, 3.63) is 0 Å². The van der Waals surface area contributed by atoms with Crippen LogP contribution >= 0.6 is 0 Å². The highest BCUT2D eigenvalue weighted by Gasteiger charge is 2.63. The maximum Gasteiger partial charge on any atom is 0.176 e. The van der Waals surface area contributed by atoms with E-state index in [1.807, 2.05) is 0 Å². The Morgan fingerprint density at radius 1 is 0.944 bits per heavy atom. The molecule has 0 aromatic heterocycles. The van der Waals surface area contributed by atoms with Gasteiger partial charge in [-0.05, 0) is 31.6 Å². The third-order valence-electron chi connectivity index (χ3n) is 5.54. The monoisotopic (exact) mass is 254 g/mol. The second-order valence-electron chi connectivity index (χ2n) is 7.19. The summed E-state index contributed by atoms with van der Waals surface area (Å²) in [5.41, 5.74) is 0.210. The molecule has 0 aromatic carbocycles. The van der Waals surface area contributed by atoms with E-state index in [-0.39, 0.29) is 16.9 Å². The lowest BCUT2D eigenvalue weighted by Gasteiger charge is -2.60. The summed E-state index contributed by atoms with van der Waals surface area (Å²) in [7, 11) is 0. The molecule has 3 aliphatic rings. The van der Waals surface area contributed by atoms with Crippen LogP contribution in [0, 0.1) is 10.8 Å². The van der Waals surface area contributed by atoms with Crippen LogP contribution in [0.4, 0.5) is 0 Å². The lowest BCUT2D eigenvalue weighted by atomic mass is 9.56. The second kappa shape index (κ2) is 3.94. The molecule has 0 unspecified atom stereocenters. The van der Waals surface area contributed by atoms with E-state index in [2.05, 4.69) is 27.7 Å². The van der Waals surface area contributed by atoms with Gasteiger partial charge in [-0.25, -0.2) is 0 Å². The fourth-order valence-corrected chi connectivity index (χ4v) is 4.37. The molecule has 3 rings (SSSR count). The maximum atomic E-state index is 6.34. The zero-order valence-corrected chi connectivity index (χ0v) is 12.1. The molecular weight excluding hydrogens is 228 g/mol. The number of rotatable bonds is 0. The molecule has 1 spiro atoms. The fraction of sp³-hybridized carbons (Fsp3) is 1.00. The van der Waals surface area contributed by atoms with Crippen LogP contribution in [-0.2, 0) is 14.2 Å². The van der Waals surface area contributed by atoms with E-state index in [0.717, 1.165) is 26.1 Å². The van der Waals surface area contributed by atoms with Crippen molar-refractivity contribution in [2.24, 2.45) is 10.8 Å². The first-order valence-corrected chi connectivity index (χ1v) is 7.33. The molecule has 2 saturated heterocycles. The number of hydrogen-bond acceptors (Lipinski definition) is 3. The summed E-state index contributed by atoms with van der Waals surface area (Å²) in [6.07, 6.45) is 5.19. The van der Waals surface area contributed by atoms with Gasteiger partial charge in [0.15, 0.2) is 5.79 Å². The zero-order valence-electron chi connectivity index (χ0n) is 12.1. The van der Waals surface area contributed by atoms with Gasteiger partial charge in [-0.2, -0.15) is 0 Å². The molecule has 2 heterocycles. The Balaban J connectivity index is 1.94. The number of hydrogen-bond donors (Lipinski definition) is 0. The third kappa shape index (κ3) is 1.60. The van der Waals surface area contributed by atoms with Crippen LogP contribution < -0.4 is 0 Å². The van der Waals surface area contributed by atoms with Crippen LogP contribution in [0.5, 0.6) is 0 Å². The summed E-state index contributed by atoms with van der Waals surface area (Å²) in [6.45, 7) is 10.5. The molecule has 0 N–H and O–H groups in total. The largest absolute Gasteiger partial charge is 0.374 e. The van der Waals surface area contributed by atoms with Crippen LogP contribution in [0.1, 0.15) is 53.4 Å². The van der Waals surface area contributed by atoms with E-state index in [9.17, 15) is 0 Å². The minimum Gasteiger partial charge on any atom is -0.374 e. The average molecular weight is 254 g/mol. The van der Waals surface area contributed by atoms with Crippen molar-refractivity contribution in [3.63, 3.8) is 0 Å². The summed E-state index contributed by atoms with van der Waals surface area (Å²) in [5.74, 6) is -0.408. The first kappa shape index (κ1) is 12.9. The van der Waals surface area contributed by atoms with Gasteiger partial charge in [-0.15, -0.1) is 0 Å². The summed E-state index contributed by atoms with van der Waals surface area (Å²) >= 11 is 0. The van der Waals surface area contributed by atoms with Gasteiger partial charge in [0.05, 0.1) is 25.4 Å². The van der Waals surface area contributed by atoms with Crippen molar-refractivity contribution in [1.82, 2.24) is 0 Å². The Kier molecular flexibility index (Phi) is 2.82. The Morgan fingerprint density at radius 2 is 1.61 bits per heavy atom. The summed E-state index contributed by atoms with van der Waals surface area (Å²) < 4.78 is 18.4. The van der Waals surface area contributed by atoms with Crippen molar-refractivity contribution in [3.8, 4) is 0 Å². The van der Waals surface area contributed by atoms with Crippen molar-refractivity contribution in [2.75, 3.05) is 13.2 Å². The molecule has 104 valence electrons. The van der Waals surface area contributed by atoms with Crippen molar-refractivity contribution < 1.29 is 14.2 Å². The van der Waals surface area contributed by atoms with E-state index < -0.39 is 5.79 Å². The second-order valence-corrected chi connectivity index (χ2v) is 7.19. The molecule has 2 aliphatic heterocycles. The number of fused-ring (bicyclic) bond motifs is 1. The zero-order chi connectivity index (χ0) is 13.0. The molecular formula is C15H26O3. The first-order chi connectivity index (χ1) is 8.40. The van der Waals surface area contributed by atoms with Gasteiger partial charge in [-0.1, -0.05) is 20.8 Å². The minimum atomic E-state index is -0.408. The Bertz CT molecular complexity index is 333. The van der Waals surface area contributed by atoms with Crippen molar-refractivity contribution >= 4 is 0 Å². The molecule has 3 atom stereocenters. The van der Waals surface area contributed by atoms with Gasteiger partial charge in [-0.3, -0.25) is 0 Å². The Labute approximate surface area is 110 Å². The van der Waals surface area contributed by atoms with Crippen LogP contribution in [0.15, 0.2) is 0 Å². The highest BCUT2D eigenvalue weighted by atomic mass is 16.7. The maximum absolute atomic E-state index is 6.34. The number of ether oxygens (including phenoxy) is 3. The standard InChI is InChI=1S/C15H26O3/c1-11-5-6-14(4)7-8-15(16-9-10-17-15)13(2,3)12(14)18-11/h11-12H,5-10H2,1-4H3/t11-,12-,14-/m0/s1. The SMILES string of the molecule is C[C@H]1CC[C@@]2(C)CCC3(OCCO3)C(C)(C)[C@@H]2O1. The van der Waals surface area contributed by atoms with Crippen LogP contribution in [0.25, 0.3) is 0 Å². The van der Waals surface area contributed by atoms with Gasteiger partial charge in [0.25, 0.3) is 0 Å². The highest BCUT2D eigenvalue weighted by molar-refractivity contribution is 5.08. The van der Waals surface area contributed by atoms with E-state index in [0.29, 0.717) is 6.10 Å². The summed E-state index contributed by atoms with van der Waals surface area (Å²) in [6, 6.07) is 0. The lowest BCUT2D eigenvalue weighted by Crippen LogP contribution is -2.64. The van der Waals surface area contributed by atoms with Crippen LogP contribution in [0.3, 0.4) is 0 Å². The molecule has 1 aliphatic carbocycles. The van der Waals surface area contributed by atoms with Gasteiger partial charge in [0.1, 0.15) is 0 Å². The van der Waals surface area contributed by atoms with E-state index in [1.165, 1.54) is 12.8 Å². The summed E-state index contributed by atoms with van der Waals surface area (Å²) in [4.78, 5) is 0. The Morgan fingerprint density at radius 3 is 2.28 bits per heavy atom. The average Bonchev–Trinajstić information content (AvgIpc) is 2.79. The predicted octanol–water partition coefficient (Wildman–Crippen LogP) is 3.12. The topological polar surface area (TPSA) is 27.7 Å². The first-order valence-electron chi connectivity index (χ1n) is 7.33. The Hall–Kier alpha value is -0.120. The minimum absolute atomic E-state index is 0.0782. The molecule has 0 amide bonds. The van der Waals surface area contributed by atoms with Gasteiger partial charge < -0.3 is 14.2 Å². The van der Waals surface area contributed by atoms with Gasteiger partial charge >= 0.3 is 0 Å². The van der Waals surface area contributed by atoms with E-state index in [1.54, 1.807) is 0 Å². The summed E-state index contributed by atoms with van der Waals surface area (Å²) in [5, 5.41) is 0. The van der Waals surface area contributed by atoms with Gasteiger partial charge in [0, 0.05) is 11.8 Å². The molecule has 18 heavy (non-hydrogen) atoms. The molecule has 3 heteroatoms. The predicted molar refractivity (Wildman–Crippen MR) is 69.3 cm³/mol. The molecule has 3 nitrogen and oxygen atoms in total. The molecule has 0 radical (unpaired) electrons. The lowest BCUT2D eigenvalue weighted by molar-refractivity contribution is -0.319. The van der Waals surface area contributed by atoms with Crippen molar-refractivity contribution in [2.45, 2.75) is 71.4 Å².